The fourth-order valence-electron chi connectivity index (χ4n) is 1.35. The molecule has 0 radical (unpaired) electrons. The van der Waals surface area contributed by atoms with Crippen LogP contribution in [0.15, 0.2) is 22.1 Å². The van der Waals surface area contributed by atoms with Crippen LogP contribution >= 0.6 is 11.8 Å². The van der Waals surface area contributed by atoms with Crippen LogP contribution in [0.25, 0.3) is 0 Å². The lowest BCUT2D eigenvalue weighted by molar-refractivity contribution is 0.274. The number of hydrogen-bond acceptors (Lipinski definition) is 5. The molecule has 1 aromatic heterocycles. The van der Waals surface area contributed by atoms with Crippen LogP contribution in [0.4, 0.5) is 0 Å². The standard InChI is InChI=1S/C10H18N2O2S/c1-7(2)5-8(11)9(6-13)15-10-12-3-4-14-10/h3-4,7-9,13H,5-6,11H2,1-2H3. The largest absolute Gasteiger partial charge is 0.440 e. The van der Waals surface area contributed by atoms with Gasteiger partial charge in [0, 0.05) is 6.04 Å². The Labute approximate surface area is 94.3 Å². The van der Waals surface area contributed by atoms with E-state index in [0.29, 0.717) is 11.1 Å². The fourth-order valence-corrected chi connectivity index (χ4v) is 2.21. The molecule has 5 heteroatoms. The molecule has 1 aromatic rings. The first-order valence-electron chi connectivity index (χ1n) is 5.06. The highest BCUT2D eigenvalue weighted by atomic mass is 32.2. The van der Waals surface area contributed by atoms with E-state index in [2.05, 4.69) is 18.8 Å². The van der Waals surface area contributed by atoms with E-state index < -0.39 is 0 Å². The Morgan fingerprint density at radius 2 is 2.33 bits per heavy atom. The molecular weight excluding hydrogens is 212 g/mol. The summed E-state index contributed by atoms with van der Waals surface area (Å²) in [4.78, 5) is 4.00. The van der Waals surface area contributed by atoms with Crippen LogP contribution in [-0.2, 0) is 0 Å². The highest BCUT2D eigenvalue weighted by Gasteiger charge is 2.21. The number of aliphatic hydroxyl groups excluding tert-OH is 1. The van der Waals surface area contributed by atoms with Crippen molar-refractivity contribution < 1.29 is 9.52 Å². The first kappa shape index (κ1) is 12.5. The monoisotopic (exact) mass is 230 g/mol. The molecule has 2 atom stereocenters. The summed E-state index contributed by atoms with van der Waals surface area (Å²) in [5.41, 5.74) is 6.00. The minimum atomic E-state index is -0.0500. The van der Waals surface area contributed by atoms with Crippen LogP contribution < -0.4 is 5.73 Å². The summed E-state index contributed by atoms with van der Waals surface area (Å²) >= 11 is 1.39. The summed E-state index contributed by atoms with van der Waals surface area (Å²) in [6.45, 7) is 4.27. The van der Waals surface area contributed by atoms with E-state index in [0.717, 1.165) is 6.42 Å². The van der Waals surface area contributed by atoms with Gasteiger partial charge in [-0.15, -0.1) is 0 Å². The predicted octanol–water partition coefficient (Wildman–Crippen LogP) is 1.50. The zero-order valence-electron chi connectivity index (χ0n) is 9.09. The zero-order valence-corrected chi connectivity index (χ0v) is 9.91. The molecule has 0 saturated heterocycles. The molecule has 0 spiro atoms. The summed E-state index contributed by atoms with van der Waals surface area (Å²) in [5.74, 6) is 0.527. The average Bonchev–Trinajstić information content (AvgIpc) is 2.65. The smallest absolute Gasteiger partial charge is 0.255 e. The van der Waals surface area contributed by atoms with Gasteiger partial charge in [-0.1, -0.05) is 25.6 Å². The highest BCUT2D eigenvalue weighted by molar-refractivity contribution is 7.99. The lowest BCUT2D eigenvalue weighted by Crippen LogP contribution is -2.36. The molecule has 0 aliphatic heterocycles. The topological polar surface area (TPSA) is 72.3 Å². The van der Waals surface area contributed by atoms with Crippen molar-refractivity contribution >= 4 is 11.8 Å². The molecule has 0 saturated carbocycles. The number of hydrogen-bond donors (Lipinski definition) is 2. The van der Waals surface area contributed by atoms with Crippen molar-refractivity contribution in [2.24, 2.45) is 11.7 Å². The van der Waals surface area contributed by atoms with Gasteiger partial charge in [0.25, 0.3) is 5.22 Å². The first-order valence-corrected chi connectivity index (χ1v) is 5.94. The van der Waals surface area contributed by atoms with Gasteiger partial charge < -0.3 is 15.3 Å². The molecule has 2 unspecified atom stereocenters. The predicted molar refractivity (Wildman–Crippen MR) is 60.7 cm³/mol. The molecule has 86 valence electrons. The second-order valence-electron chi connectivity index (χ2n) is 3.93. The number of thioether (sulfide) groups is 1. The lowest BCUT2D eigenvalue weighted by atomic mass is 10.0. The van der Waals surface area contributed by atoms with Gasteiger partial charge in [0.2, 0.25) is 0 Å². The van der Waals surface area contributed by atoms with Crippen molar-refractivity contribution in [3.8, 4) is 0 Å². The van der Waals surface area contributed by atoms with Crippen molar-refractivity contribution in [2.75, 3.05) is 6.61 Å². The van der Waals surface area contributed by atoms with Gasteiger partial charge in [-0.2, -0.15) is 0 Å². The molecular formula is C10H18N2O2S. The summed E-state index contributed by atoms with van der Waals surface area (Å²) in [6, 6.07) is -0.0353. The molecule has 0 aliphatic rings. The number of aliphatic hydroxyl groups is 1. The van der Waals surface area contributed by atoms with E-state index in [4.69, 9.17) is 10.2 Å². The highest BCUT2D eigenvalue weighted by Crippen LogP contribution is 2.25. The Morgan fingerprint density at radius 1 is 1.60 bits per heavy atom. The summed E-state index contributed by atoms with van der Waals surface area (Å²) in [5, 5.41) is 9.75. The minimum Gasteiger partial charge on any atom is -0.440 e. The van der Waals surface area contributed by atoms with Crippen LogP contribution in [0.2, 0.25) is 0 Å². The first-order chi connectivity index (χ1) is 7.13. The Morgan fingerprint density at radius 3 is 2.80 bits per heavy atom. The fraction of sp³-hybridized carbons (Fsp3) is 0.700. The summed E-state index contributed by atoms with van der Waals surface area (Å²) < 4.78 is 5.11. The van der Waals surface area contributed by atoms with Gasteiger partial charge in [-0.25, -0.2) is 4.98 Å². The Balaban J connectivity index is 2.48. The minimum absolute atomic E-state index is 0.0353. The maximum Gasteiger partial charge on any atom is 0.255 e. The Hall–Kier alpha value is -0.520. The third-order valence-corrected chi connectivity index (χ3v) is 3.27. The number of nitrogens with two attached hydrogens (primary N) is 1. The summed E-state index contributed by atoms with van der Waals surface area (Å²) in [6.07, 6.45) is 3.99. The van der Waals surface area contributed by atoms with E-state index in [1.54, 1.807) is 6.20 Å². The number of aromatic nitrogens is 1. The quantitative estimate of drug-likeness (QED) is 0.725. The van der Waals surface area contributed by atoms with Crippen LogP contribution in [0.5, 0.6) is 0 Å². The third kappa shape index (κ3) is 4.24. The second kappa shape index (κ2) is 6.15. The molecule has 1 heterocycles. The van der Waals surface area contributed by atoms with Crippen LogP contribution in [0.1, 0.15) is 20.3 Å². The molecule has 15 heavy (non-hydrogen) atoms. The van der Waals surface area contributed by atoms with Gasteiger partial charge in [0.1, 0.15) is 6.26 Å². The molecule has 0 fully saturated rings. The molecule has 4 nitrogen and oxygen atoms in total. The van der Waals surface area contributed by atoms with E-state index in [1.807, 2.05) is 0 Å². The van der Waals surface area contributed by atoms with E-state index in [-0.39, 0.29) is 17.9 Å². The molecule has 0 aliphatic carbocycles. The average molecular weight is 230 g/mol. The van der Waals surface area contributed by atoms with Crippen LogP contribution in [0, 0.1) is 5.92 Å². The van der Waals surface area contributed by atoms with Gasteiger partial charge in [-0.3, -0.25) is 0 Å². The van der Waals surface area contributed by atoms with Gasteiger partial charge in [0.15, 0.2) is 0 Å². The lowest BCUT2D eigenvalue weighted by Gasteiger charge is -2.21. The number of rotatable bonds is 6. The summed E-state index contributed by atoms with van der Waals surface area (Å²) in [7, 11) is 0. The van der Waals surface area contributed by atoms with Crippen molar-refractivity contribution in [1.82, 2.24) is 4.98 Å². The molecule has 3 N–H and O–H groups in total. The third-order valence-electron chi connectivity index (χ3n) is 2.06. The molecule has 0 bridgehead atoms. The van der Waals surface area contributed by atoms with Gasteiger partial charge in [0.05, 0.1) is 18.1 Å². The maximum atomic E-state index is 9.24. The van der Waals surface area contributed by atoms with Gasteiger partial charge >= 0.3 is 0 Å². The molecule has 0 aromatic carbocycles. The van der Waals surface area contributed by atoms with E-state index in [9.17, 15) is 5.11 Å². The number of oxazole rings is 1. The molecule has 1 rings (SSSR count). The van der Waals surface area contributed by atoms with Crippen molar-refractivity contribution in [3.05, 3.63) is 12.5 Å². The van der Waals surface area contributed by atoms with E-state index in [1.165, 1.54) is 18.0 Å². The van der Waals surface area contributed by atoms with Crippen LogP contribution in [-0.4, -0.2) is 28.0 Å². The maximum absolute atomic E-state index is 9.24. The Bertz CT molecular complexity index is 264. The molecule has 0 amide bonds. The second-order valence-corrected chi connectivity index (χ2v) is 5.12. The normalized spacial score (nSPS) is 15.5. The SMILES string of the molecule is CC(C)CC(N)C(CO)Sc1ncco1. The van der Waals surface area contributed by atoms with Crippen molar-refractivity contribution in [1.29, 1.82) is 0 Å². The van der Waals surface area contributed by atoms with Crippen molar-refractivity contribution in [3.63, 3.8) is 0 Å². The number of nitrogens with zero attached hydrogens (tertiary/aromatic N) is 1. The van der Waals surface area contributed by atoms with Crippen LogP contribution in [0.3, 0.4) is 0 Å². The van der Waals surface area contributed by atoms with E-state index >= 15 is 0 Å². The van der Waals surface area contributed by atoms with Gasteiger partial charge in [-0.05, 0) is 12.3 Å². The zero-order chi connectivity index (χ0) is 11.3. The Kier molecular flexibility index (Phi) is 5.14. The van der Waals surface area contributed by atoms with Crippen molar-refractivity contribution in [2.45, 2.75) is 36.8 Å².